The van der Waals surface area contributed by atoms with E-state index < -0.39 is 0 Å². The molecule has 26 heavy (non-hydrogen) atoms. The van der Waals surface area contributed by atoms with Crippen molar-refractivity contribution in [3.8, 4) is 5.75 Å². The summed E-state index contributed by atoms with van der Waals surface area (Å²) < 4.78 is 6.02. The number of likely N-dealkylation sites (tertiary alicyclic amines) is 1. The number of benzene rings is 1. The third-order valence-electron chi connectivity index (χ3n) is 5.26. The predicted octanol–water partition coefficient (Wildman–Crippen LogP) is 2.96. The molecule has 5 heteroatoms. The Bertz CT molecular complexity index is 676. The van der Waals surface area contributed by atoms with E-state index in [1.165, 1.54) is 0 Å². The van der Waals surface area contributed by atoms with E-state index in [1.807, 2.05) is 18.2 Å². The molecule has 1 fully saturated rings. The number of para-hydroxylation sites is 1. The normalized spacial score (nSPS) is 19.7. The molecule has 142 valence electrons. The molecule has 5 nitrogen and oxygen atoms in total. The molecule has 0 radical (unpaired) electrons. The maximum atomic E-state index is 12.8. The largest absolute Gasteiger partial charge is 0.486 e. The zero-order chi connectivity index (χ0) is 18.7. The first-order valence-electron chi connectivity index (χ1n) is 9.68. The van der Waals surface area contributed by atoms with Crippen LogP contribution in [0.25, 0.3) is 0 Å². The van der Waals surface area contributed by atoms with Gasteiger partial charge in [0.1, 0.15) is 17.1 Å². The molecule has 1 N–H and O–H groups in total. The summed E-state index contributed by atoms with van der Waals surface area (Å²) in [6, 6.07) is 6.04. The first-order valence-corrected chi connectivity index (χ1v) is 9.68. The standard InChI is InChI=1S/C21H30N2O3/c1-15(24)6-5-11-23-12-9-17(10-13-23)22-20(25)18-8-4-7-16-14-21(2,3)26-19(16)18/h4,7-8,17H,5-6,9-14H2,1-3H3,(H,22,25). The first-order chi connectivity index (χ1) is 12.3. The number of ether oxygens (including phenoxy) is 1. The van der Waals surface area contributed by atoms with Crippen molar-refractivity contribution in [1.82, 2.24) is 10.2 Å². The van der Waals surface area contributed by atoms with Gasteiger partial charge in [-0.2, -0.15) is 0 Å². The van der Waals surface area contributed by atoms with Crippen LogP contribution >= 0.6 is 0 Å². The van der Waals surface area contributed by atoms with E-state index in [2.05, 4.69) is 24.1 Å². The third kappa shape index (κ3) is 4.64. The molecule has 2 aliphatic heterocycles. The molecule has 1 aromatic carbocycles. The molecule has 3 rings (SSSR count). The van der Waals surface area contributed by atoms with E-state index in [0.29, 0.717) is 12.0 Å². The van der Waals surface area contributed by atoms with Crippen LogP contribution in [0.3, 0.4) is 0 Å². The number of Topliss-reactive ketones (excluding diaryl/α,β-unsaturated/α-hetero) is 1. The number of carbonyl (C=O) groups is 2. The van der Waals surface area contributed by atoms with E-state index in [0.717, 1.165) is 56.6 Å². The quantitative estimate of drug-likeness (QED) is 0.849. The van der Waals surface area contributed by atoms with E-state index in [9.17, 15) is 9.59 Å². The average Bonchev–Trinajstić information content (AvgIpc) is 2.89. The second kappa shape index (κ2) is 7.78. The van der Waals surface area contributed by atoms with Crippen molar-refractivity contribution in [1.29, 1.82) is 0 Å². The van der Waals surface area contributed by atoms with Crippen molar-refractivity contribution in [2.24, 2.45) is 0 Å². The molecule has 0 aliphatic carbocycles. The number of hydrogen-bond donors (Lipinski definition) is 1. The van der Waals surface area contributed by atoms with E-state index in [-0.39, 0.29) is 23.3 Å². The number of carbonyl (C=O) groups excluding carboxylic acids is 2. The summed E-state index contributed by atoms with van der Waals surface area (Å²) in [5, 5.41) is 3.19. The van der Waals surface area contributed by atoms with Crippen molar-refractivity contribution in [3.63, 3.8) is 0 Å². The minimum atomic E-state index is -0.246. The lowest BCUT2D eigenvalue weighted by molar-refractivity contribution is -0.117. The van der Waals surface area contributed by atoms with Gasteiger partial charge in [0.05, 0.1) is 5.56 Å². The fourth-order valence-electron chi connectivity index (χ4n) is 3.91. The summed E-state index contributed by atoms with van der Waals surface area (Å²) in [7, 11) is 0. The monoisotopic (exact) mass is 358 g/mol. The molecule has 0 atom stereocenters. The Balaban J connectivity index is 1.52. The van der Waals surface area contributed by atoms with Crippen LogP contribution in [-0.4, -0.2) is 47.9 Å². The van der Waals surface area contributed by atoms with Gasteiger partial charge < -0.3 is 19.7 Å². The van der Waals surface area contributed by atoms with Crippen molar-refractivity contribution in [2.75, 3.05) is 19.6 Å². The fraction of sp³-hybridized carbons (Fsp3) is 0.619. The first kappa shape index (κ1) is 18.9. The highest BCUT2D eigenvalue weighted by molar-refractivity contribution is 5.97. The second-order valence-corrected chi connectivity index (χ2v) is 8.23. The molecule has 0 saturated carbocycles. The highest BCUT2D eigenvalue weighted by atomic mass is 16.5. The van der Waals surface area contributed by atoms with Crippen molar-refractivity contribution in [3.05, 3.63) is 29.3 Å². The van der Waals surface area contributed by atoms with Gasteiger partial charge in [-0.05, 0) is 58.2 Å². The molecule has 1 saturated heterocycles. The topological polar surface area (TPSA) is 58.6 Å². The van der Waals surface area contributed by atoms with Crippen LogP contribution in [0.15, 0.2) is 18.2 Å². The molecule has 0 spiro atoms. The Hall–Kier alpha value is -1.88. The van der Waals surface area contributed by atoms with Gasteiger partial charge in [-0.25, -0.2) is 0 Å². The van der Waals surface area contributed by atoms with Gasteiger partial charge in [0.25, 0.3) is 5.91 Å². The van der Waals surface area contributed by atoms with E-state index >= 15 is 0 Å². The summed E-state index contributed by atoms with van der Waals surface area (Å²) >= 11 is 0. The maximum Gasteiger partial charge on any atom is 0.255 e. The Kier molecular flexibility index (Phi) is 5.66. The fourth-order valence-corrected chi connectivity index (χ4v) is 3.91. The van der Waals surface area contributed by atoms with Crippen LogP contribution in [0.5, 0.6) is 5.75 Å². The summed E-state index contributed by atoms with van der Waals surface area (Å²) in [6.07, 6.45) is 4.32. The molecule has 2 aliphatic rings. The lowest BCUT2D eigenvalue weighted by atomic mass is 10.00. The molecule has 0 aromatic heterocycles. The number of fused-ring (bicyclic) bond motifs is 1. The molecule has 1 aromatic rings. The van der Waals surface area contributed by atoms with Crippen molar-refractivity contribution >= 4 is 11.7 Å². The highest BCUT2D eigenvalue weighted by Crippen LogP contribution is 2.37. The van der Waals surface area contributed by atoms with Gasteiger partial charge in [-0.15, -0.1) is 0 Å². The number of hydrogen-bond acceptors (Lipinski definition) is 4. The zero-order valence-corrected chi connectivity index (χ0v) is 16.1. The van der Waals surface area contributed by atoms with Crippen LogP contribution < -0.4 is 10.1 Å². The summed E-state index contributed by atoms with van der Waals surface area (Å²) in [5.74, 6) is 0.971. The van der Waals surface area contributed by atoms with Crippen molar-refractivity contribution in [2.45, 2.75) is 64.5 Å². The predicted molar refractivity (Wildman–Crippen MR) is 102 cm³/mol. The van der Waals surface area contributed by atoms with Crippen molar-refractivity contribution < 1.29 is 14.3 Å². The van der Waals surface area contributed by atoms with Crippen LogP contribution in [0.4, 0.5) is 0 Å². The third-order valence-corrected chi connectivity index (χ3v) is 5.26. The van der Waals surface area contributed by atoms with Gasteiger partial charge in [-0.3, -0.25) is 4.79 Å². The number of piperidine rings is 1. The number of ketones is 1. The number of nitrogens with zero attached hydrogens (tertiary/aromatic N) is 1. The molecule has 0 bridgehead atoms. The van der Waals surface area contributed by atoms with Gasteiger partial charge in [0.15, 0.2) is 0 Å². The zero-order valence-electron chi connectivity index (χ0n) is 16.1. The van der Waals surface area contributed by atoms with Crippen LogP contribution in [0.1, 0.15) is 62.4 Å². The van der Waals surface area contributed by atoms with Crippen LogP contribution in [0, 0.1) is 0 Å². The number of nitrogens with one attached hydrogen (secondary N) is 1. The maximum absolute atomic E-state index is 12.8. The molecular formula is C21H30N2O3. The van der Waals surface area contributed by atoms with Crippen LogP contribution in [0.2, 0.25) is 0 Å². The lowest BCUT2D eigenvalue weighted by Crippen LogP contribution is -2.45. The Morgan fingerprint density at radius 2 is 2.00 bits per heavy atom. The molecular weight excluding hydrogens is 328 g/mol. The molecule has 0 unspecified atom stereocenters. The van der Waals surface area contributed by atoms with E-state index in [1.54, 1.807) is 6.92 Å². The Labute approximate surface area is 156 Å². The average molecular weight is 358 g/mol. The van der Waals surface area contributed by atoms with Gasteiger partial charge in [0, 0.05) is 32.0 Å². The minimum absolute atomic E-state index is 0.0328. The summed E-state index contributed by atoms with van der Waals surface area (Å²) in [5.41, 5.74) is 1.52. The van der Waals surface area contributed by atoms with Crippen LogP contribution in [-0.2, 0) is 11.2 Å². The second-order valence-electron chi connectivity index (χ2n) is 8.23. The summed E-state index contributed by atoms with van der Waals surface area (Å²) in [4.78, 5) is 26.2. The lowest BCUT2D eigenvalue weighted by Gasteiger charge is -2.32. The van der Waals surface area contributed by atoms with Gasteiger partial charge >= 0.3 is 0 Å². The minimum Gasteiger partial charge on any atom is -0.486 e. The molecule has 1 amide bonds. The number of amides is 1. The Morgan fingerprint density at radius 3 is 2.69 bits per heavy atom. The van der Waals surface area contributed by atoms with Gasteiger partial charge in [-0.1, -0.05) is 12.1 Å². The number of rotatable bonds is 6. The Morgan fingerprint density at radius 1 is 1.27 bits per heavy atom. The van der Waals surface area contributed by atoms with E-state index in [4.69, 9.17) is 4.74 Å². The molecule has 2 heterocycles. The highest BCUT2D eigenvalue weighted by Gasteiger charge is 2.33. The smallest absolute Gasteiger partial charge is 0.255 e. The summed E-state index contributed by atoms with van der Waals surface area (Å²) in [6.45, 7) is 8.66. The SMILES string of the molecule is CC(=O)CCCN1CCC(NC(=O)c2cccc3c2OC(C)(C)C3)CC1. The van der Waals surface area contributed by atoms with Gasteiger partial charge in [0.2, 0.25) is 0 Å².